The molecule has 1 aliphatic heterocycles. The highest BCUT2D eigenvalue weighted by Crippen LogP contribution is 2.39. The fraction of sp³-hybridized carbons (Fsp3) is 0.238. The highest BCUT2D eigenvalue weighted by Gasteiger charge is 2.51. The number of nitrogens with one attached hydrogen (secondary N) is 5. The Bertz CT molecular complexity index is 3940. The van der Waals surface area contributed by atoms with Gasteiger partial charge < -0.3 is 53.9 Å². The molecule has 7 heterocycles. The van der Waals surface area contributed by atoms with Crippen molar-refractivity contribution in [3.05, 3.63) is 172 Å². The highest BCUT2D eigenvalue weighted by molar-refractivity contribution is 6.62. The van der Waals surface area contributed by atoms with E-state index in [2.05, 4.69) is 114 Å². The van der Waals surface area contributed by atoms with Crippen LogP contribution in [0, 0.1) is 0 Å². The molecule has 5 aromatic carbocycles. The van der Waals surface area contributed by atoms with Crippen LogP contribution in [0.2, 0.25) is 0 Å². The van der Waals surface area contributed by atoms with Crippen LogP contribution in [0.1, 0.15) is 54.4 Å². The van der Waals surface area contributed by atoms with Gasteiger partial charge in [-0.25, -0.2) is 9.97 Å². The molecule has 432 valence electrons. The van der Waals surface area contributed by atoms with Gasteiger partial charge in [-0.05, 0) is 129 Å². The summed E-state index contributed by atoms with van der Waals surface area (Å²) >= 11 is 0. The molecule has 85 heavy (non-hydrogen) atoms. The van der Waals surface area contributed by atoms with Crippen LogP contribution >= 0.6 is 0 Å². The molecule has 0 bridgehead atoms. The van der Waals surface area contributed by atoms with E-state index in [9.17, 15) is 9.59 Å². The quantitative estimate of drug-likeness (QED) is 0.0395. The van der Waals surface area contributed by atoms with Crippen LogP contribution in [0.5, 0.6) is 0 Å². The average Bonchev–Trinajstić information content (AvgIpc) is 2.64. The molecular weight excluding hydrogens is 1070 g/mol. The van der Waals surface area contributed by atoms with Gasteiger partial charge in [0.1, 0.15) is 0 Å². The Hall–Kier alpha value is -10.1. The normalized spacial score (nSPS) is 13.1. The SMILES string of the molecule is CC(=O)Nc1ccc(-c2ccc3ncc(-c4nnco4)c(NCCCn4ccnc4)c3c2)cc1.CC(=O)Nc1ccc(B2OC(C)(C)C(C)(C)O2)cc1.CNc1ccc(-c2ccc3ncc(-c4nnco4)c(NCCCn4ccnc4)c3c2)cc1. The number of aromatic nitrogens is 10. The summed E-state index contributed by atoms with van der Waals surface area (Å²) < 4.78 is 27.0. The molecule has 1 aliphatic rings. The number of carbonyl (C=O) groups excluding carboxylic acids is 2. The Morgan fingerprint density at radius 3 is 1.36 bits per heavy atom. The second-order valence-corrected chi connectivity index (χ2v) is 21.2. The molecule has 22 heteroatoms. The van der Waals surface area contributed by atoms with Gasteiger partial charge in [0.2, 0.25) is 24.6 Å². The molecule has 5 N–H and O–H groups in total. The lowest BCUT2D eigenvalue weighted by Gasteiger charge is -2.32. The van der Waals surface area contributed by atoms with Crippen molar-refractivity contribution in [1.82, 2.24) is 49.5 Å². The van der Waals surface area contributed by atoms with Crippen LogP contribution in [-0.4, -0.2) is 99.7 Å². The van der Waals surface area contributed by atoms with Gasteiger partial charge in [-0.1, -0.05) is 48.5 Å². The van der Waals surface area contributed by atoms with Crippen LogP contribution in [-0.2, 0) is 32.0 Å². The molecule has 1 saturated heterocycles. The van der Waals surface area contributed by atoms with Gasteiger partial charge in [-0.15, -0.1) is 20.4 Å². The van der Waals surface area contributed by atoms with E-state index in [1.54, 1.807) is 24.8 Å². The number of amides is 2. The van der Waals surface area contributed by atoms with Crippen molar-refractivity contribution in [2.45, 2.75) is 78.7 Å². The predicted molar refractivity (Wildman–Crippen MR) is 332 cm³/mol. The summed E-state index contributed by atoms with van der Waals surface area (Å²) in [5, 5.41) is 33.7. The average molecular weight is 1140 g/mol. The summed E-state index contributed by atoms with van der Waals surface area (Å²) in [6, 6.07) is 36.1. The number of pyridine rings is 2. The number of aryl methyl sites for hydroxylation is 2. The van der Waals surface area contributed by atoms with Gasteiger partial charge in [-0.3, -0.25) is 19.6 Å². The van der Waals surface area contributed by atoms with Gasteiger partial charge in [0.05, 0.1) is 57.4 Å². The third-order valence-electron chi connectivity index (χ3n) is 14.6. The summed E-state index contributed by atoms with van der Waals surface area (Å²) in [5.74, 6) is 0.682. The number of nitrogens with zero attached hydrogens (tertiary/aromatic N) is 10. The zero-order chi connectivity index (χ0) is 59.3. The van der Waals surface area contributed by atoms with Gasteiger partial charge in [0.25, 0.3) is 11.8 Å². The molecule has 12 rings (SSSR count). The Morgan fingerprint density at radius 1 is 0.553 bits per heavy atom. The van der Waals surface area contributed by atoms with Gasteiger partial charge in [-0.2, -0.15) is 0 Å². The van der Waals surface area contributed by atoms with Crippen LogP contribution in [0.3, 0.4) is 0 Å². The maximum absolute atomic E-state index is 11.3. The number of carbonyl (C=O) groups is 2. The van der Waals surface area contributed by atoms with E-state index in [-0.39, 0.29) is 30.1 Å². The van der Waals surface area contributed by atoms with Crippen molar-refractivity contribution in [2.24, 2.45) is 0 Å². The maximum Gasteiger partial charge on any atom is 0.494 e. The number of benzene rings is 5. The van der Waals surface area contributed by atoms with E-state index in [1.807, 2.05) is 131 Å². The van der Waals surface area contributed by atoms with Crippen molar-refractivity contribution in [1.29, 1.82) is 0 Å². The smallest absolute Gasteiger partial charge is 0.423 e. The zero-order valence-electron chi connectivity index (χ0n) is 48.4. The second-order valence-electron chi connectivity index (χ2n) is 21.2. The summed E-state index contributed by atoms with van der Waals surface area (Å²) in [6.07, 6.45) is 19.2. The molecule has 1 fully saturated rings. The van der Waals surface area contributed by atoms with Gasteiger partial charge >= 0.3 is 7.12 Å². The molecule has 21 nitrogen and oxygen atoms in total. The topological polar surface area (TPSA) is 252 Å². The molecule has 0 atom stereocenters. The second kappa shape index (κ2) is 26.5. The first kappa shape index (κ1) is 58.2. The minimum atomic E-state index is -0.364. The van der Waals surface area contributed by atoms with Crippen molar-refractivity contribution < 1.29 is 27.7 Å². The minimum absolute atomic E-state index is 0.0802. The third-order valence-corrected chi connectivity index (χ3v) is 14.6. The van der Waals surface area contributed by atoms with Crippen molar-refractivity contribution in [2.75, 3.05) is 46.7 Å². The first-order valence-corrected chi connectivity index (χ1v) is 27.9. The van der Waals surface area contributed by atoms with Crippen molar-refractivity contribution in [3.8, 4) is 45.2 Å². The van der Waals surface area contributed by atoms with Gasteiger partial charge in [0.15, 0.2) is 0 Å². The van der Waals surface area contributed by atoms with Crippen LogP contribution < -0.4 is 32.0 Å². The van der Waals surface area contributed by atoms with E-state index in [0.717, 1.165) is 128 Å². The van der Waals surface area contributed by atoms with E-state index >= 15 is 0 Å². The molecule has 0 spiro atoms. The van der Waals surface area contributed by atoms with Crippen LogP contribution in [0.25, 0.3) is 67.0 Å². The first-order valence-electron chi connectivity index (χ1n) is 27.9. The number of hydrogen-bond donors (Lipinski definition) is 5. The molecular formula is C63H66BN15O6. The monoisotopic (exact) mass is 1140 g/mol. The molecule has 2 amide bonds. The highest BCUT2D eigenvalue weighted by atomic mass is 16.7. The Morgan fingerprint density at radius 2 is 0.976 bits per heavy atom. The van der Waals surface area contributed by atoms with E-state index in [0.29, 0.717) is 11.8 Å². The van der Waals surface area contributed by atoms with Crippen molar-refractivity contribution in [3.63, 3.8) is 0 Å². The molecule has 0 unspecified atom stereocenters. The van der Waals surface area contributed by atoms with E-state index in [1.165, 1.54) is 26.6 Å². The summed E-state index contributed by atoms with van der Waals surface area (Å²) in [4.78, 5) is 39.7. The summed E-state index contributed by atoms with van der Waals surface area (Å²) in [7, 11) is 1.55. The van der Waals surface area contributed by atoms with Crippen molar-refractivity contribution >= 4 is 74.6 Å². The Labute approximate surface area is 492 Å². The molecule has 0 aliphatic carbocycles. The fourth-order valence-corrected chi connectivity index (χ4v) is 9.50. The number of hydrogen-bond acceptors (Lipinski definition) is 17. The predicted octanol–water partition coefficient (Wildman–Crippen LogP) is 11.2. The minimum Gasteiger partial charge on any atom is -0.423 e. The number of imidazole rings is 2. The van der Waals surface area contributed by atoms with Crippen LogP contribution in [0.15, 0.2) is 181 Å². The van der Waals surface area contributed by atoms with E-state index < -0.39 is 0 Å². The third kappa shape index (κ3) is 14.4. The standard InChI is InChI=1S/C25H23N7O2.C24H23N7O.C14H20BNO3/c1-17(33)30-20-6-3-18(4-7-20)19-5-8-23-21(13-19)24(22(14-28-23)25-31-29-16-34-25)27-9-2-11-32-12-10-26-15-32;1-25-19-6-3-17(4-7-19)18-5-8-22-20(13-18)23(21(14-28-22)24-30-29-16-32-24)27-9-2-11-31-12-10-26-15-31;1-10(17)16-12-8-6-11(7-9-12)15-18-13(2,3)14(4,5)19-15/h3-8,10,12-16H,2,9,11H2,1H3,(H,27,28)(H,30,33);3-8,10,12-16,25H,2,9,11H2,1H3,(H,27,28);6-9H,1-5H3,(H,16,17). The first-order chi connectivity index (χ1) is 41.2. The zero-order valence-corrected chi connectivity index (χ0v) is 48.4. The molecule has 11 aromatic rings. The lowest BCUT2D eigenvalue weighted by atomic mass is 9.79. The fourth-order valence-electron chi connectivity index (χ4n) is 9.50. The molecule has 0 radical (unpaired) electrons. The molecule has 6 aromatic heterocycles. The number of anilines is 5. The largest absolute Gasteiger partial charge is 0.494 e. The van der Waals surface area contributed by atoms with E-state index in [4.69, 9.17) is 18.1 Å². The van der Waals surface area contributed by atoms with Crippen LogP contribution in [0.4, 0.5) is 28.4 Å². The van der Waals surface area contributed by atoms with Gasteiger partial charge in [0, 0.05) is 112 Å². The summed E-state index contributed by atoms with van der Waals surface area (Å²) in [5.41, 5.74) is 12.4. The Balaban J connectivity index is 0.000000148. The lowest BCUT2D eigenvalue weighted by molar-refractivity contribution is -0.115. The Kier molecular flexibility index (Phi) is 18.1. The maximum atomic E-state index is 11.3. The lowest BCUT2D eigenvalue weighted by Crippen LogP contribution is -2.41. The number of rotatable bonds is 18. The number of fused-ring (bicyclic) bond motifs is 2. The molecule has 0 saturated carbocycles. The summed E-state index contributed by atoms with van der Waals surface area (Å²) in [6.45, 7) is 14.4.